The van der Waals surface area contributed by atoms with Crippen LogP contribution in [0.4, 0.5) is 11.5 Å². The van der Waals surface area contributed by atoms with E-state index in [9.17, 15) is 10.1 Å². The first kappa shape index (κ1) is 16.5. The van der Waals surface area contributed by atoms with E-state index in [0.717, 1.165) is 32.7 Å². The SMILES string of the molecule is O=[N+]([O-])c1ccc[nH+]c1N1CC[NH+](Cc2cccc3ccccc23)CC1. The summed E-state index contributed by atoms with van der Waals surface area (Å²) < 4.78 is 0. The van der Waals surface area contributed by atoms with E-state index in [1.165, 1.54) is 21.2 Å². The van der Waals surface area contributed by atoms with Gasteiger partial charge in [-0.2, -0.15) is 0 Å². The molecule has 3 aromatic rings. The number of rotatable bonds is 4. The summed E-state index contributed by atoms with van der Waals surface area (Å²) in [4.78, 5) is 17.6. The lowest BCUT2D eigenvalue weighted by Gasteiger charge is -2.28. The molecular weight excluding hydrogens is 328 g/mol. The maximum Gasteiger partial charge on any atom is 0.357 e. The van der Waals surface area contributed by atoms with Crippen LogP contribution < -0.4 is 14.8 Å². The average molecular weight is 350 g/mol. The van der Waals surface area contributed by atoms with Crippen LogP contribution in [0.15, 0.2) is 60.8 Å². The van der Waals surface area contributed by atoms with Gasteiger partial charge in [-0.05, 0) is 16.8 Å². The van der Waals surface area contributed by atoms with Gasteiger partial charge in [-0.25, -0.2) is 9.88 Å². The molecule has 0 bridgehead atoms. The standard InChI is InChI=1S/C20H20N4O2/c25-24(26)19-9-4-10-21-20(19)23-13-11-22(12-14-23)15-17-7-3-6-16-5-1-2-8-18(16)17/h1-10H,11-15H2/p+2. The van der Waals surface area contributed by atoms with Crippen molar-refractivity contribution in [2.75, 3.05) is 31.1 Å². The van der Waals surface area contributed by atoms with Crippen molar-refractivity contribution >= 4 is 22.3 Å². The smallest absolute Gasteiger partial charge is 0.325 e. The van der Waals surface area contributed by atoms with Gasteiger partial charge >= 0.3 is 11.5 Å². The number of hydrogen-bond acceptors (Lipinski definition) is 3. The number of fused-ring (bicyclic) bond motifs is 1. The highest BCUT2D eigenvalue weighted by Crippen LogP contribution is 2.22. The summed E-state index contributed by atoms with van der Waals surface area (Å²) >= 11 is 0. The molecule has 1 aromatic heterocycles. The van der Waals surface area contributed by atoms with E-state index in [4.69, 9.17) is 0 Å². The summed E-state index contributed by atoms with van der Waals surface area (Å²) in [5, 5.41) is 13.8. The Morgan fingerprint density at radius 1 is 1.04 bits per heavy atom. The highest BCUT2D eigenvalue weighted by atomic mass is 16.6. The Kier molecular flexibility index (Phi) is 4.50. The molecule has 1 aliphatic rings. The molecule has 6 nitrogen and oxygen atoms in total. The number of aromatic amines is 1. The van der Waals surface area contributed by atoms with E-state index in [0.29, 0.717) is 5.82 Å². The van der Waals surface area contributed by atoms with E-state index in [2.05, 4.69) is 52.3 Å². The molecule has 26 heavy (non-hydrogen) atoms. The summed E-state index contributed by atoms with van der Waals surface area (Å²) in [6.07, 6.45) is 1.75. The fraction of sp³-hybridized carbons (Fsp3) is 0.250. The lowest BCUT2D eigenvalue weighted by molar-refractivity contribution is -0.914. The molecule has 6 heteroatoms. The van der Waals surface area contributed by atoms with Gasteiger partial charge in [0.1, 0.15) is 32.7 Å². The summed E-state index contributed by atoms with van der Waals surface area (Å²) in [5.74, 6) is 0.613. The number of pyridine rings is 1. The number of benzene rings is 2. The number of piperazine rings is 1. The van der Waals surface area contributed by atoms with Crippen LogP contribution in [-0.2, 0) is 6.54 Å². The zero-order valence-electron chi connectivity index (χ0n) is 14.5. The molecule has 0 radical (unpaired) electrons. The maximum atomic E-state index is 11.2. The van der Waals surface area contributed by atoms with Crippen molar-refractivity contribution in [2.24, 2.45) is 0 Å². The number of nitrogens with one attached hydrogen (secondary N) is 2. The number of hydrogen-bond donors (Lipinski definition) is 1. The van der Waals surface area contributed by atoms with Crippen molar-refractivity contribution in [3.8, 4) is 0 Å². The second-order valence-electron chi connectivity index (χ2n) is 6.71. The second-order valence-corrected chi connectivity index (χ2v) is 6.71. The molecule has 1 aliphatic heterocycles. The van der Waals surface area contributed by atoms with E-state index >= 15 is 0 Å². The van der Waals surface area contributed by atoms with Crippen LogP contribution >= 0.6 is 0 Å². The largest absolute Gasteiger partial charge is 0.357 e. The fourth-order valence-corrected chi connectivity index (χ4v) is 3.76. The molecule has 132 valence electrons. The Labute approximate surface area is 151 Å². The van der Waals surface area contributed by atoms with Gasteiger partial charge in [-0.1, -0.05) is 42.5 Å². The van der Waals surface area contributed by atoms with Crippen molar-refractivity contribution in [3.63, 3.8) is 0 Å². The van der Waals surface area contributed by atoms with Gasteiger partial charge in [0, 0.05) is 11.6 Å². The molecule has 0 aliphatic carbocycles. The first-order chi connectivity index (χ1) is 12.7. The third-order valence-corrected chi connectivity index (χ3v) is 5.12. The Morgan fingerprint density at radius 2 is 1.81 bits per heavy atom. The first-order valence-electron chi connectivity index (χ1n) is 8.92. The number of quaternary nitrogens is 1. The van der Waals surface area contributed by atoms with Crippen molar-refractivity contribution in [1.29, 1.82) is 0 Å². The van der Waals surface area contributed by atoms with Gasteiger partial charge in [0.05, 0.1) is 11.1 Å². The molecule has 2 heterocycles. The van der Waals surface area contributed by atoms with Crippen molar-refractivity contribution in [2.45, 2.75) is 6.54 Å². The monoisotopic (exact) mass is 350 g/mol. The van der Waals surface area contributed by atoms with Crippen molar-refractivity contribution in [3.05, 3.63) is 76.5 Å². The normalized spacial score (nSPS) is 15.3. The summed E-state index contributed by atoms with van der Waals surface area (Å²) in [6.45, 7) is 4.52. The lowest BCUT2D eigenvalue weighted by Crippen LogP contribution is -3.13. The summed E-state index contributed by atoms with van der Waals surface area (Å²) in [7, 11) is 0. The van der Waals surface area contributed by atoms with Crippen LogP contribution in [0, 0.1) is 10.1 Å². The molecule has 0 unspecified atom stereocenters. The maximum absolute atomic E-state index is 11.2. The molecule has 0 saturated carbocycles. The van der Waals surface area contributed by atoms with E-state index in [-0.39, 0.29) is 10.6 Å². The Balaban J connectivity index is 1.47. The van der Waals surface area contributed by atoms with Crippen molar-refractivity contribution in [1.82, 2.24) is 0 Å². The highest BCUT2D eigenvalue weighted by Gasteiger charge is 2.32. The van der Waals surface area contributed by atoms with Gasteiger partial charge in [0.15, 0.2) is 0 Å². The minimum absolute atomic E-state index is 0.144. The number of anilines is 1. The predicted octanol–water partition coefficient (Wildman–Crippen LogP) is 1.47. The van der Waals surface area contributed by atoms with Crippen LogP contribution in [0.5, 0.6) is 0 Å². The third-order valence-electron chi connectivity index (χ3n) is 5.12. The predicted molar refractivity (Wildman–Crippen MR) is 100 cm³/mol. The quantitative estimate of drug-likeness (QED) is 0.572. The molecule has 2 N–H and O–H groups in total. The molecular formula is C20H22N4O2+2. The molecule has 1 fully saturated rings. The molecule has 1 saturated heterocycles. The lowest BCUT2D eigenvalue weighted by atomic mass is 10.0. The van der Waals surface area contributed by atoms with E-state index in [1.54, 1.807) is 18.3 Å². The fourth-order valence-electron chi connectivity index (χ4n) is 3.76. The Hall–Kier alpha value is -2.99. The Morgan fingerprint density at radius 3 is 2.62 bits per heavy atom. The van der Waals surface area contributed by atoms with E-state index in [1.807, 2.05) is 0 Å². The van der Waals surface area contributed by atoms with Crippen molar-refractivity contribution < 1.29 is 14.8 Å². The molecule has 0 atom stereocenters. The second kappa shape index (κ2) is 7.09. The minimum atomic E-state index is -0.318. The molecule has 0 spiro atoms. The Bertz CT molecular complexity index is 931. The number of nitrogens with zero attached hydrogens (tertiary/aromatic N) is 2. The molecule has 2 aromatic carbocycles. The zero-order valence-corrected chi connectivity index (χ0v) is 14.5. The number of nitro groups is 1. The summed E-state index contributed by atoms with van der Waals surface area (Å²) in [5.41, 5.74) is 1.51. The molecule has 0 amide bonds. The highest BCUT2D eigenvalue weighted by molar-refractivity contribution is 5.85. The van der Waals surface area contributed by atoms with Gasteiger partial charge < -0.3 is 4.90 Å². The van der Waals surface area contributed by atoms with Crippen LogP contribution in [0.2, 0.25) is 0 Å². The van der Waals surface area contributed by atoms with Gasteiger partial charge in [-0.15, -0.1) is 0 Å². The average Bonchev–Trinajstić information content (AvgIpc) is 2.69. The van der Waals surface area contributed by atoms with E-state index < -0.39 is 0 Å². The minimum Gasteiger partial charge on any atom is -0.325 e. The van der Waals surface area contributed by atoms with Gasteiger partial charge in [0.2, 0.25) is 0 Å². The van der Waals surface area contributed by atoms with Gasteiger partial charge in [0.25, 0.3) is 0 Å². The van der Waals surface area contributed by atoms with Crippen LogP contribution in [0.3, 0.4) is 0 Å². The van der Waals surface area contributed by atoms with Crippen LogP contribution in [-0.4, -0.2) is 31.1 Å². The number of H-pyrrole nitrogens is 1. The zero-order chi connectivity index (χ0) is 17.9. The first-order valence-corrected chi connectivity index (χ1v) is 8.92. The molecule has 4 rings (SSSR count). The van der Waals surface area contributed by atoms with Crippen LogP contribution in [0.1, 0.15) is 5.56 Å². The third kappa shape index (κ3) is 3.23. The topological polar surface area (TPSA) is 65.0 Å². The summed E-state index contributed by atoms with van der Waals surface area (Å²) in [6, 6.07) is 18.2. The number of aromatic nitrogens is 1. The van der Waals surface area contributed by atoms with Gasteiger partial charge in [-0.3, -0.25) is 10.1 Å². The van der Waals surface area contributed by atoms with Crippen LogP contribution in [0.25, 0.3) is 10.8 Å².